The zero-order valence-electron chi connectivity index (χ0n) is 17.8. The molecule has 0 spiro atoms. The molecule has 1 aromatic carbocycles. The summed E-state index contributed by atoms with van der Waals surface area (Å²) < 4.78 is 5.29. The van der Waals surface area contributed by atoms with Crippen LogP contribution in [0.3, 0.4) is 0 Å². The van der Waals surface area contributed by atoms with Crippen LogP contribution in [0.2, 0.25) is 0 Å². The number of rotatable bonds is 7. The summed E-state index contributed by atoms with van der Waals surface area (Å²) in [7, 11) is 3.70. The zero-order valence-corrected chi connectivity index (χ0v) is 18.6. The smallest absolute Gasteiger partial charge is 0.309 e. The largest absolute Gasteiger partial charge is 0.496 e. The van der Waals surface area contributed by atoms with E-state index >= 15 is 0 Å². The van der Waals surface area contributed by atoms with Crippen molar-refractivity contribution in [1.82, 2.24) is 20.4 Å². The van der Waals surface area contributed by atoms with Gasteiger partial charge >= 0.3 is 11.8 Å². The van der Waals surface area contributed by atoms with Gasteiger partial charge in [0.25, 0.3) is 0 Å². The first-order valence-corrected chi connectivity index (χ1v) is 11.0. The molecule has 1 aliphatic heterocycles. The fraction of sp³-hybridized carbons (Fsp3) is 0.455. The Morgan fingerprint density at radius 1 is 1.10 bits per heavy atom. The van der Waals surface area contributed by atoms with Crippen molar-refractivity contribution < 1.29 is 14.3 Å². The van der Waals surface area contributed by atoms with Crippen LogP contribution >= 0.6 is 11.3 Å². The summed E-state index contributed by atoms with van der Waals surface area (Å²) in [4.78, 5) is 30.8. The minimum absolute atomic E-state index is 0.0460. The molecule has 2 amide bonds. The standard InChI is InChI=1S/C22H30N4O3S/c1-16(20(19-9-6-14-30-19)26-12-10-25(2)11-13-26)24-22(28)21(27)23-15-17-7-4-5-8-18(17)29-3/h4-9,14,16,20H,10-13,15H2,1-3H3,(H,23,27)(H,24,28)/t16-,20-/m0/s1. The minimum Gasteiger partial charge on any atom is -0.496 e. The first kappa shape index (κ1) is 22.3. The third kappa shape index (κ3) is 5.59. The molecule has 0 unspecified atom stereocenters. The Bertz CT molecular complexity index is 835. The van der Waals surface area contributed by atoms with Crippen molar-refractivity contribution >= 4 is 23.2 Å². The average Bonchev–Trinajstić information content (AvgIpc) is 3.28. The van der Waals surface area contributed by atoms with Crippen LogP contribution < -0.4 is 15.4 Å². The van der Waals surface area contributed by atoms with E-state index in [1.54, 1.807) is 18.4 Å². The molecule has 162 valence electrons. The highest BCUT2D eigenvalue weighted by Crippen LogP contribution is 2.29. The van der Waals surface area contributed by atoms with Crippen LogP contribution in [0.5, 0.6) is 5.75 Å². The number of amides is 2. The molecule has 0 aliphatic carbocycles. The van der Waals surface area contributed by atoms with Crippen molar-refractivity contribution in [3.8, 4) is 5.75 Å². The number of carbonyl (C=O) groups is 2. The SMILES string of the molecule is COc1ccccc1CNC(=O)C(=O)N[C@@H](C)[C@@H](c1cccs1)N1CCN(C)CC1. The number of piperazine rings is 1. The molecule has 7 nitrogen and oxygen atoms in total. The first-order valence-electron chi connectivity index (χ1n) is 10.2. The quantitative estimate of drug-likeness (QED) is 0.656. The number of benzene rings is 1. The third-order valence-electron chi connectivity index (χ3n) is 5.44. The molecule has 2 N–H and O–H groups in total. The molecule has 2 atom stereocenters. The van der Waals surface area contributed by atoms with Crippen LogP contribution in [-0.2, 0) is 16.1 Å². The Balaban J connectivity index is 1.61. The summed E-state index contributed by atoms with van der Waals surface area (Å²) in [6.07, 6.45) is 0. The van der Waals surface area contributed by atoms with Gasteiger partial charge in [-0.1, -0.05) is 24.3 Å². The van der Waals surface area contributed by atoms with Gasteiger partial charge < -0.3 is 20.3 Å². The van der Waals surface area contributed by atoms with Gasteiger partial charge in [0, 0.05) is 49.2 Å². The van der Waals surface area contributed by atoms with Crippen LogP contribution in [0, 0.1) is 0 Å². The lowest BCUT2D eigenvalue weighted by Gasteiger charge is -2.40. The van der Waals surface area contributed by atoms with E-state index in [4.69, 9.17) is 4.74 Å². The number of thiophene rings is 1. The average molecular weight is 431 g/mol. The molecule has 0 saturated carbocycles. The van der Waals surface area contributed by atoms with Crippen LogP contribution in [0.15, 0.2) is 41.8 Å². The van der Waals surface area contributed by atoms with Crippen LogP contribution in [-0.4, -0.2) is 68.0 Å². The molecule has 2 aromatic rings. The highest BCUT2D eigenvalue weighted by Gasteiger charge is 2.31. The summed E-state index contributed by atoms with van der Waals surface area (Å²) in [5.41, 5.74) is 0.822. The lowest BCUT2D eigenvalue weighted by molar-refractivity contribution is -0.140. The molecule has 0 bridgehead atoms. The molecule has 8 heteroatoms. The lowest BCUT2D eigenvalue weighted by atomic mass is 10.0. The van der Waals surface area contributed by atoms with Crippen molar-refractivity contribution in [3.63, 3.8) is 0 Å². The Morgan fingerprint density at radius 3 is 2.50 bits per heavy atom. The number of nitrogens with zero attached hydrogens (tertiary/aromatic N) is 2. The molecule has 2 heterocycles. The van der Waals surface area contributed by atoms with Gasteiger partial charge in [-0.25, -0.2) is 0 Å². The lowest BCUT2D eigenvalue weighted by Crippen LogP contribution is -2.53. The molecule has 1 fully saturated rings. The summed E-state index contributed by atoms with van der Waals surface area (Å²) in [6, 6.07) is 11.4. The van der Waals surface area contributed by atoms with Gasteiger partial charge in [0.1, 0.15) is 5.75 Å². The van der Waals surface area contributed by atoms with E-state index in [0.717, 1.165) is 31.7 Å². The fourth-order valence-electron chi connectivity index (χ4n) is 3.76. The fourth-order valence-corrected chi connectivity index (χ4v) is 4.72. The molecular formula is C22H30N4O3S. The summed E-state index contributed by atoms with van der Waals surface area (Å²) in [6.45, 7) is 6.04. The predicted octanol–water partition coefficient (Wildman–Crippen LogP) is 1.87. The van der Waals surface area contributed by atoms with Gasteiger partial charge in [0.2, 0.25) is 0 Å². The summed E-state index contributed by atoms with van der Waals surface area (Å²) in [5, 5.41) is 7.65. The van der Waals surface area contributed by atoms with Crippen LogP contribution in [0.25, 0.3) is 0 Å². The Hall–Kier alpha value is -2.42. The van der Waals surface area contributed by atoms with E-state index < -0.39 is 11.8 Å². The number of nitrogens with one attached hydrogen (secondary N) is 2. The van der Waals surface area contributed by atoms with E-state index in [9.17, 15) is 9.59 Å². The third-order valence-corrected chi connectivity index (χ3v) is 6.38. The second-order valence-corrected chi connectivity index (χ2v) is 8.54. The normalized spacial score (nSPS) is 17.2. The number of hydrogen-bond acceptors (Lipinski definition) is 6. The number of hydrogen-bond donors (Lipinski definition) is 2. The molecule has 1 aliphatic rings. The van der Waals surface area contributed by atoms with E-state index in [1.807, 2.05) is 42.6 Å². The molecule has 3 rings (SSSR count). The van der Waals surface area contributed by atoms with Crippen molar-refractivity contribution in [3.05, 3.63) is 52.2 Å². The number of para-hydroxylation sites is 1. The maximum atomic E-state index is 12.6. The second-order valence-electron chi connectivity index (χ2n) is 7.56. The Labute approximate surface area is 182 Å². The second kappa shape index (κ2) is 10.6. The maximum Gasteiger partial charge on any atom is 0.309 e. The van der Waals surface area contributed by atoms with E-state index in [2.05, 4.69) is 33.5 Å². The molecule has 1 aromatic heterocycles. The highest BCUT2D eigenvalue weighted by molar-refractivity contribution is 7.10. The van der Waals surface area contributed by atoms with Gasteiger partial charge in [-0.3, -0.25) is 14.5 Å². The van der Waals surface area contributed by atoms with Gasteiger partial charge in [-0.15, -0.1) is 11.3 Å². The number of ether oxygens (including phenoxy) is 1. The van der Waals surface area contributed by atoms with Gasteiger partial charge in [-0.2, -0.15) is 0 Å². The number of methoxy groups -OCH3 is 1. The number of carbonyl (C=O) groups excluding carboxylic acids is 2. The van der Waals surface area contributed by atoms with E-state index in [1.165, 1.54) is 4.88 Å². The highest BCUT2D eigenvalue weighted by atomic mass is 32.1. The Morgan fingerprint density at radius 2 is 1.83 bits per heavy atom. The van der Waals surface area contributed by atoms with Gasteiger partial charge in [0.15, 0.2) is 0 Å². The molecule has 0 radical (unpaired) electrons. The van der Waals surface area contributed by atoms with E-state index in [0.29, 0.717) is 5.75 Å². The predicted molar refractivity (Wildman–Crippen MR) is 119 cm³/mol. The van der Waals surface area contributed by atoms with E-state index in [-0.39, 0.29) is 18.6 Å². The monoisotopic (exact) mass is 430 g/mol. The summed E-state index contributed by atoms with van der Waals surface area (Å²) >= 11 is 1.68. The zero-order chi connectivity index (χ0) is 21.5. The van der Waals surface area contributed by atoms with Gasteiger partial charge in [0.05, 0.1) is 13.2 Å². The van der Waals surface area contributed by atoms with Crippen LogP contribution in [0.4, 0.5) is 0 Å². The maximum absolute atomic E-state index is 12.6. The van der Waals surface area contributed by atoms with Crippen LogP contribution in [0.1, 0.15) is 23.4 Å². The summed E-state index contributed by atoms with van der Waals surface area (Å²) in [5.74, 6) is -0.580. The molecular weight excluding hydrogens is 400 g/mol. The first-order chi connectivity index (χ1) is 14.5. The van der Waals surface area contributed by atoms with Crippen molar-refractivity contribution in [2.24, 2.45) is 0 Å². The molecule has 30 heavy (non-hydrogen) atoms. The van der Waals surface area contributed by atoms with Crippen molar-refractivity contribution in [1.29, 1.82) is 0 Å². The molecule has 1 saturated heterocycles. The topological polar surface area (TPSA) is 73.9 Å². The Kier molecular flexibility index (Phi) is 7.84. The minimum atomic E-state index is -0.643. The van der Waals surface area contributed by atoms with Crippen molar-refractivity contribution in [2.45, 2.75) is 25.6 Å². The van der Waals surface area contributed by atoms with Gasteiger partial charge in [-0.05, 0) is 31.5 Å². The van der Waals surface area contributed by atoms with Crippen molar-refractivity contribution in [2.75, 3.05) is 40.3 Å². The number of likely N-dealkylation sites (N-methyl/N-ethyl adjacent to an activating group) is 1.